The number of nitrogen functional groups attached to an aromatic ring is 1. The minimum atomic E-state index is -0.482. The number of nitrogens with zero attached hydrogens (tertiary/aromatic N) is 2. The zero-order valence-corrected chi connectivity index (χ0v) is 11.0. The van der Waals surface area contributed by atoms with Gasteiger partial charge in [-0.05, 0) is 30.7 Å². The van der Waals surface area contributed by atoms with Gasteiger partial charge in [0.25, 0.3) is 0 Å². The molecule has 1 aromatic carbocycles. The summed E-state index contributed by atoms with van der Waals surface area (Å²) < 4.78 is 5.21. The molecule has 0 fully saturated rings. The summed E-state index contributed by atoms with van der Waals surface area (Å²) >= 11 is 0. The predicted octanol–water partition coefficient (Wildman–Crippen LogP) is 2.20. The van der Waals surface area contributed by atoms with E-state index in [1.54, 1.807) is 31.2 Å². The Balaban J connectivity index is 2.09. The standard InChI is InChI=1S/C15H13N3O2/c1-10-14(6-13(17)8-18-10)15(19)20-9-12-4-2-3-11(5-12)7-16/h2-6,8H,9,17H2,1H3. The molecule has 0 amide bonds. The lowest BCUT2D eigenvalue weighted by atomic mass is 10.1. The van der Waals surface area contributed by atoms with Crippen LogP contribution in [0.1, 0.15) is 27.2 Å². The fraction of sp³-hybridized carbons (Fsp3) is 0.133. The molecule has 0 saturated heterocycles. The van der Waals surface area contributed by atoms with Crippen LogP contribution in [0.25, 0.3) is 0 Å². The maximum absolute atomic E-state index is 12.0. The molecule has 100 valence electrons. The molecule has 0 spiro atoms. The highest BCUT2D eigenvalue weighted by atomic mass is 16.5. The summed E-state index contributed by atoms with van der Waals surface area (Å²) in [5.41, 5.74) is 8.21. The summed E-state index contributed by atoms with van der Waals surface area (Å²) in [6, 6.07) is 10.5. The van der Waals surface area contributed by atoms with Gasteiger partial charge < -0.3 is 10.5 Å². The molecular weight excluding hydrogens is 254 g/mol. The molecule has 0 aliphatic rings. The molecule has 0 saturated carbocycles. The molecule has 0 bridgehead atoms. The average molecular weight is 267 g/mol. The van der Waals surface area contributed by atoms with Gasteiger partial charge in [0.2, 0.25) is 0 Å². The van der Waals surface area contributed by atoms with Gasteiger partial charge in [-0.2, -0.15) is 5.26 Å². The number of carbonyl (C=O) groups excluding carboxylic acids is 1. The van der Waals surface area contributed by atoms with Crippen molar-refractivity contribution in [1.29, 1.82) is 5.26 Å². The number of hydrogen-bond donors (Lipinski definition) is 1. The van der Waals surface area contributed by atoms with Crippen LogP contribution >= 0.6 is 0 Å². The van der Waals surface area contributed by atoms with E-state index in [4.69, 9.17) is 15.7 Å². The first kappa shape index (κ1) is 13.6. The van der Waals surface area contributed by atoms with Crippen molar-refractivity contribution in [2.45, 2.75) is 13.5 Å². The summed E-state index contributed by atoms with van der Waals surface area (Å²) in [7, 11) is 0. The third kappa shape index (κ3) is 3.12. The zero-order chi connectivity index (χ0) is 14.5. The Morgan fingerprint density at radius 3 is 3.00 bits per heavy atom. The summed E-state index contributed by atoms with van der Waals surface area (Å²) in [5.74, 6) is -0.482. The van der Waals surface area contributed by atoms with E-state index in [2.05, 4.69) is 4.98 Å². The highest BCUT2D eigenvalue weighted by Gasteiger charge is 2.12. The summed E-state index contributed by atoms with van der Waals surface area (Å²) in [6.45, 7) is 1.81. The number of esters is 1. The second kappa shape index (κ2) is 5.85. The van der Waals surface area contributed by atoms with E-state index < -0.39 is 5.97 Å². The van der Waals surface area contributed by atoms with Crippen LogP contribution in [-0.2, 0) is 11.3 Å². The summed E-state index contributed by atoms with van der Waals surface area (Å²) in [5, 5.41) is 8.80. The van der Waals surface area contributed by atoms with Gasteiger partial charge in [-0.3, -0.25) is 4.98 Å². The highest BCUT2D eigenvalue weighted by Crippen LogP contribution is 2.13. The van der Waals surface area contributed by atoms with Crippen LogP contribution in [0.4, 0.5) is 5.69 Å². The number of hydrogen-bond acceptors (Lipinski definition) is 5. The van der Waals surface area contributed by atoms with Crippen LogP contribution in [-0.4, -0.2) is 11.0 Å². The zero-order valence-electron chi connectivity index (χ0n) is 11.0. The van der Waals surface area contributed by atoms with Crippen molar-refractivity contribution in [2.75, 3.05) is 5.73 Å². The molecule has 2 rings (SSSR count). The van der Waals surface area contributed by atoms with E-state index in [1.807, 2.05) is 6.07 Å². The first-order chi connectivity index (χ1) is 9.60. The second-order valence-corrected chi connectivity index (χ2v) is 4.29. The third-order valence-electron chi connectivity index (χ3n) is 2.75. The van der Waals surface area contributed by atoms with E-state index in [-0.39, 0.29) is 6.61 Å². The van der Waals surface area contributed by atoms with Gasteiger partial charge in [-0.15, -0.1) is 0 Å². The van der Waals surface area contributed by atoms with Crippen molar-refractivity contribution < 1.29 is 9.53 Å². The number of anilines is 1. The van der Waals surface area contributed by atoms with Crippen molar-refractivity contribution in [1.82, 2.24) is 4.98 Å². The number of ether oxygens (including phenoxy) is 1. The Kier molecular flexibility index (Phi) is 3.96. The topological polar surface area (TPSA) is 89.0 Å². The Bertz CT molecular complexity index is 690. The van der Waals surface area contributed by atoms with Crippen molar-refractivity contribution in [3.05, 3.63) is 58.9 Å². The van der Waals surface area contributed by atoms with Crippen LogP contribution < -0.4 is 5.73 Å². The molecule has 20 heavy (non-hydrogen) atoms. The lowest BCUT2D eigenvalue weighted by Gasteiger charge is -2.07. The first-order valence-corrected chi connectivity index (χ1v) is 5.98. The van der Waals surface area contributed by atoms with Crippen LogP contribution in [0.3, 0.4) is 0 Å². The summed E-state index contributed by atoms with van der Waals surface area (Å²) in [6.07, 6.45) is 1.49. The number of carbonyl (C=O) groups is 1. The number of nitriles is 1. The molecule has 0 aliphatic heterocycles. The van der Waals surface area contributed by atoms with Crippen LogP contribution in [0.5, 0.6) is 0 Å². The quantitative estimate of drug-likeness (QED) is 0.861. The van der Waals surface area contributed by atoms with Crippen molar-refractivity contribution in [2.24, 2.45) is 0 Å². The van der Waals surface area contributed by atoms with E-state index in [0.717, 1.165) is 5.56 Å². The molecule has 2 aromatic rings. The number of pyridine rings is 1. The molecule has 5 nitrogen and oxygen atoms in total. The Morgan fingerprint density at radius 2 is 2.25 bits per heavy atom. The molecule has 5 heteroatoms. The van der Waals surface area contributed by atoms with E-state index in [1.165, 1.54) is 12.3 Å². The van der Waals surface area contributed by atoms with E-state index >= 15 is 0 Å². The van der Waals surface area contributed by atoms with Crippen LogP contribution in [0.15, 0.2) is 36.5 Å². The van der Waals surface area contributed by atoms with Crippen LogP contribution in [0.2, 0.25) is 0 Å². The number of aryl methyl sites for hydroxylation is 1. The minimum absolute atomic E-state index is 0.0998. The molecular formula is C15H13N3O2. The van der Waals surface area contributed by atoms with Gasteiger partial charge in [0.1, 0.15) is 6.61 Å². The summed E-state index contributed by atoms with van der Waals surface area (Å²) in [4.78, 5) is 16.0. The first-order valence-electron chi connectivity index (χ1n) is 5.98. The largest absolute Gasteiger partial charge is 0.457 e. The molecule has 1 aromatic heterocycles. The normalized spacial score (nSPS) is 9.80. The minimum Gasteiger partial charge on any atom is -0.457 e. The average Bonchev–Trinajstić information content (AvgIpc) is 2.47. The maximum atomic E-state index is 12.0. The SMILES string of the molecule is Cc1ncc(N)cc1C(=O)OCc1cccc(C#N)c1. The number of rotatable bonds is 3. The Hall–Kier alpha value is -2.87. The van der Waals surface area contributed by atoms with Gasteiger partial charge in [-0.25, -0.2) is 4.79 Å². The van der Waals surface area contributed by atoms with Gasteiger partial charge >= 0.3 is 5.97 Å². The smallest absolute Gasteiger partial charge is 0.340 e. The van der Waals surface area contributed by atoms with E-state index in [9.17, 15) is 4.79 Å². The van der Waals surface area contributed by atoms with Crippen molar-refractivity contribution >= 4 is 11.7 Å². The predicted molar refractivity (Wildman–Crippen MR) is 73.7 cm³/mol. The Morgan fingerprint density at radius 1 is 1.45 bits per heavy atom. The highest BCUT2D eigenvalue weighted by molar-refractivity contribution is 5.91. The van der Waals surface area contributed by atoms with Crippen molar-refractivity contribution in [3.63, 3.8) is 0 Å². The molecule has 2 N–H and O–H groups in total. The van der Waals surface area contributed by atoms with Gasteiger partial charge in [0.15, 0.2) is 0 Å². The van der Waals surface area contributed by atoms with Gasteiger partial charge in [0, 0.05) is 0 Å². The van der Waals surface area contributed by atoms with Gasteiger partial charge in [0.05, 0.1) is 34.8 Å². The molecule has 0 radical (unpaired) electrons. The fourth-order valence-corrected chi connectivity index (χ4v) is 1.71. The molecule has 0 unspecified atom stereocenters. The van der Waals surface area contributed by atoms with Crippen molar-refractivity contribution in [3.8, 4) is 6.07 Å². The lowest BCUT2D eigenvalue weighted by molar-refractivity contribution is 0.0471. The third-order valence-corrected chi connectivity index (χ3v) is 2.75. The fourth-order valence-electron chi connectivity index (χ4n) is 1.71. The number of nitrogens with two attached hydrogens (primary N) is 1. The molecule has 0 aliphatic carbocycles. The van der Waals surface area contributed by atoms with E-state index in [0.29, 0.717) is 22.5 Å². The molecule has 0 atom stereocenters. The monoisotopic (exact) mass is 267 g/mol. The lowest BCUT2D eigenvalue weighted by Crippen LogP contribution is -2.09. The van der Waals surface area contributed by atoms with Crippen LogP contribution in [0, 0.1) is 18.3 Å². The second-order valence-electron chi connectivity index (χ2n) is 4.29. The van der Waals surface area contributed by atoms with Gasteiger partial charge in [-0.1, -0.05) is 12.1 Å². The maximum Gasteiger partial charge on any atom is 0.340 e. The number of aromatic nitrogens is 1. The molecule has 1 heterocycles. The Labute approximate surface area is 116 Å². The number of benzene rings is 1.